The van der Waals surface area contributed by atoms with Crippen LogP contribution < -0.4 is 4.90 Å². The standard InChI is InChI=1S/C34H49N7O3Si/c1-25(12-11-17-35-5)29-22-27-30(23-36-29)41(24-43-20-21-45(7,8)9)38-32(27)28-13-10-14-31(37-28)40-18-15-26(16-19-40)39(6)33(42)44-34(2,3)4/h10-14,17,22-23,26H,5,15-16,18-21,24H2,1-4,6-9H3/b17-11-,25-12+. The minimum atomic E-state index is -1.21. The van der Waals surface area contributed by atoms with Gasteiger partial charge in [-0.2, -0.15) is 5.10 Å². The average Bonchev–Trinajstić information content (AvgIpc) is 3.35. The van der Waals surface area contributed by atoms with Crippen molar-refractivity contribution in [2.24, 2.45) is 4.99 Å². The van der Waals surface area contributed by atoms with Crippen LogP contribution in [-0.2, 0) is 16.2 Å². The third-order valence-corrected chi connectivity index (χ3v) is 9.49. The van der Waals surface area contributed by atoms with Gasteiger partial charge in [-0.05, 0) is 83.1 Å². The molecule has 0 radical (unpaired) electrons. The number of nitrogens with zero attached hydrogens (tertiary/aromatic N) is 7. The molecular formula is C34H49N7O3Si. The van der Waals surface area contributed by atoms with Crippen LogP contribution in [0.1, 0.15) is 46.2 Å². The summed E-state index contributed by atoms with van der Waals surface area (Å²) in [5.74, 6) is 0.896. The Labute approximate surface area is 268 Å². The average molecular weight is 632 g/mol. The summed E-state index contributed by atoms with van der Waals surface area (Å²) < 4.78 is 13.6. The van der Waals surface area contributed by atoms with Gasteiger partial charge in [0.25, 0.3) is 0 Å². The Bertz CT molecular complexity index is 1540. The maximum absolute atomic E-state index is 12.6. The summed E-state index contributed by atoms with van der Waals surface area (Å²) in [5.41, 5.74) is 3.82. The molecule has 3 aromatic heterocycles. The fraction of sp³-hybridized carbons (Fsp3) is 0.500. The van der Waals surface area contributed by atoms with Gasteiger partial charge in [-0.25, -0.2) is 14.5 Å². The van der Waals surface area contributed by atoms with E-state index in [9.17, 15) is 4.79 Å². The lowest BCUT2D eigenvalue weighted by Crippen LogP contribution is -2.47. The van der Waals surface area contributed by atoms with Crippen LogP contribution in [0.2, 0.25) is 25.7 Å². The summed E-state index contributed by atoms with van der Waals surface area (Å²) in [5, 5.41) is 5.97. The van der Waals surface area contributed by atoms with E-state index in [1.807, 2.05) is 76.0 Å². The quantitative estimate of drug-likeness (QED) is 0.0951. The molecule has 0 bridgehead atoms. The molecule has 0 N–H and O–H groups in total. The minimum absolute atomic E-state index is 0.124. The third kappa shape index (κ3) is 9.34. The predicted molar refractivity (Wildman–Crippen MR) is 186 cm³/mol. The van der Waals surface area contributed by atoms with E-state index >= 15 is 0 Å². The topological polar surface area (TPSA) is 98.0 Å². The summed E-state index contributed by atoms with van der Waals surface area (Å²) in [4.78, 5) is 30.3. The van der Waals surface area contributed by atoms with Crippen LogP contribution in [0.25, 0.3) is 27.9 Å². The van der Waals surface area contributed by atoms with E-state index in [0.717, 1.165) is 71.4 Å². The van der Waals surface area contributed by atoms with Crippen molar-refractivity contribution in [2.45, 2.75) is 84.6 Å². The van der Waals surface area contributed by atoms with E-state index in [1.165, 1.54) is 0 Å². The highest BCUT2D eigenvalue weighted by molar-refractivity contribution is 6.76. The fourth-order valence-electron chi connectivity index (χ4n) is 5.13. The van der Waals surface area contributed by atoms with Crippen molar-refractivity contribution in [3.8, 4) is 11.4 Å². The van der Waals surface area contributed by atoms with Crippen LogP contribution in [-0.4, -0.2) is 83.9 Å². The van der Waals surface area contributed by atoms with Gasteiger partial charge in [-0.15, -0.1) is 0 Å². The predicted octanol–water partition coefficient (Wildman–Crippen LogP) is 7.26. The molecule has 4 rings (SSSR count). The zero-order chi connectivity index (χ0) is 32.8. The van der Waals surface area contributed by atoms with E-state index in [1.54, 1.807) is 11.1 Å². The van der Waals surface area contributed by atoms with Gasteiger partial charge in [-0.1, -0.05) is 31.8 Å². The second-order valence-electron chi connectivity index (χ2n) is 13.8. The molecule has 0 saturated carbocycles. The first kappa shape index (κ1) is 34.0. The maximum atomic E-state index is 12.6. The number of aliphatic imine (C=N–C) groups is 1. The zero-order valence-corrected chi connectivity index (χ0v) is 29.2. The van der Waals surface area contributed by atoms with Crippen molar-refractivity contribution in [1.29, 1.82) is 0 Å². The smallest absolute Gasteiger partial charge is 0.410 e. The number of ether oxygens (including phenoxy) is 2. The number of anilines is 1. The highest BCUT2D eigenvalue weighted by atomic mass is 28.3. The summed E-state index contributed by atoms with van der Waals surface area (Å²) in [6.45, 7) is 20.9. The van der Waals surface area contributed by atoms with Gasteiger partial charge >= 0.3 is 6.09 Å². The van der Waals surface area contributed by atoms with E-state index in [-0.39, 0.29) is 12.1 Å². The molecule has 1 aliphatic heterocycles. The number of hydrogen-bond acceptors (Lipinski definition) is 8. The van der Waals surface area contributed by atoms with Crippen molar-refractivity contribution in [3.63, 3.8) is 0 Å². The number of pyridine rings is 2. The number of piperidine rings is 1. The summed E-state index contributed by atoms with van der Waals surface area (Å²) in [6, 6.07) is 9.37. The lowest BCUT2D eigenvalue weighted by Gasteiger charge is -2.37. The Morgan fingerprint density at radius 1 is 1.22 bits per heavy atom. The summed E-state index contributed by atoms with van der Waals surface area (Å²) in [6.07, 6.45) is 8.73. The molecular weight excluding hydrogens is 583 g/mol. The van der Waals surface area contributed by atoms with E-state index in [2.05, 4.69) is 42.3 Å². The van der Waals surface area contributed by atoms with Crippen LogP contribution >= 0.6 is 0 Å². The van der Waals surface area contributed by atoms with Gasteiger partial charge < -0.3 is 19.3 Å². The Kier molecular flexibility index (Phi) is 11.0. The van der Waals surface area contributed by atoms with Crippen LogP contribution in [0, 0.1) is 0 Å². The molecule has 0 atom stereocenters. The molecule has 3 aromatic rings. The largest absolute Gasteiger partial charge is 0.444 e. The Morgan fingerprint density at radius 3 is 2.62 bits per heavy atom. The normalized spacial score (nSPS) is 15.2. The summed E-state index contributed by atoms with van der Waals surface area (Å²) in [7, 11) is 0.620. The van der Waals surface area contributed by atoms with E-state index in [0.29, 0.717) is 13.3 Å². The molecule has 0 spiro atoms. The number of carbonyl (C=O) groups excluding carboxylic acids is 1. The van der Waals surface area contributed by atoms with Gasteiger partial charge in [0.15, 0.2) is 0 Å². The van der Waals surface area contributed by atoms with Gasteiger partial charge in [-0.3, -0.25) is 9.98 Å². The van der Waals surface area contributed by atoms with Gasteiger partial charge in [0, 0.05) is 52.4 Å². The molecule has 0 aromatic carbocycles. The number of amides is 1. The van der Waals surface area contributed by atoms with Gasteiger partial charge in [0.1, 0.15) is 23.8 Å². The zero-order valence-electron chi connectivity index (χ0n) is 28.2. The van der Waals surface area contributed by atoms with Crippen LogP contribution in [0.5, 0.6) is 0 Å². The number of hydrogen-bond donors (Lipinski definition) is 0. The Morgan fingerprint density at radius 2 is 1.96 bits per heavy atom. The fourth-order valence-corrected chi connectivity index (χ4v) is 5.89. The van der Waals surface area contributed by atoms with Crippen LogP contribution in [0.3, 0.4) is 0 Å². The van der Waals surface area contributed by atoms with Crippen molar-refractivity contribution in [2.75, 3.05) is 31.6 Å². The number of allylic oxidation sites excluding steroid dienone is 3. The highest BCUT2D eigenvalue weighted by Gasteiger charge is 2.29. The van der Waals surface area contributed by atoms with E-state index < -0.39 is 13.7 Å². The molecule has 0 unspecified atom stereocenters. The molecule has 10 nitrogen and oxygen atoms in total. The molecule has 1 aliphatic rings. The highest BCUT2D eigenvalue weighted by Crippen LogP contribution is 2.31. The maximum Gasteiger partial charge on any atom is 0.410 e. The molecule has 0 aliphatic carbocycles. The molecule has 1 amide bonds. The Hall–Kier alpha value is -3.83. The van der Waals surface area contributed by atoms with Crippen molar-refractivity contribution >= 4 is 43.2 Å². The minimum Gasteiger partial charge on any atom is -0.444 e. The molecule has 11 heteroatoms. The number of rotatable bonds is 11. The molecule has 242 valence electrons. The number of fused-ring (bicyclic) bond motifs is 1. The van der Waals surface area contributed by atoms with Gasteiger partial charge in [0.05, 0.1) is 23.1 Å². The van der Waals surface area contributed by atoms with Crippen LogP contribution in [0.15, 0.2) is 53.8 Å². The first-order chi connectivity index (χ1) is 21.3. The molecule has 1 fully saturated rings. The monoisotopic (exact) mass is 631 g/mol. The molecule has 4 heterocycles. The van der Waals surface area contributed by atoms with E-state index in [4.69, 9.17) is 24.5 Å². The first-order valence-corrected chi connectivity index (χ1v) is 19.4. The lowest BCUT2D eigenvalue weighted by molar-refractivity contribution is 0.0201. The third-order valence-electron chi connectivity index (χ3n) is 7.78. The van der Waals surface area contributed by atoms with Crippen molar-refractivity contribution in [3.05, 3.63) is 54.5 Å². The SMILES string of the molecule is C=N/C=C\C=C(/C)c1cc2c(-c3cccc(N4CCC(N(C)C(=O)OC(C)(C)C)CC4)n3)nn(COCC[Si](C)(C)C)c2cn1. The van der Waals surface area contributed by atoms with Crippen LogP contribution in [0.4, 0.5) is 10.6 Å². The number of aromatic nitrogens is 4. The number of carbonyl (C=O) groups is 1. The second-order valence-corrected chi connectivity index (χ2v) is 19.5. The van der Waals surface area contributed by atoms with Gasteiger partial charge in [0.2, 0.25) is 0 Å². The van der Waals surface area contributed by atoms with Crippen molar-refractivity contribution < 1.29 is 14.3 Å². The molecule has 45 heavy (non-hydrogen) atoms. The second kappa shape index (κ2) is 14.5. The molecule has 1 saturated heterocycles. The lowest BCUT2D eigenvalue weighted by atomic mass is 10.0. The Balaban J connectivity index is 1.59. The summed E-state index contributed by atoms with van der Waals surface area (Å²) >= 11 is 0. The first-order valence-electron chi connectivity index (χ1n) is 15.7. The van der Waals surface area contributed by atoms with Crippen molar-refractivity contribution in [1.82, 2.24) is 24.6 Å².